The third-order valence-electron chi connectivity index (χ3n) is 5.55. The Balaban J connectivity index is 1.64. The third-order valence-corrected chi connectivity index (χ3v) is 7.65. The Labute approximate surface area is 192 Å². The highest BCUT2D eigenvalue weighted by Gasteiger charge is 2.36. The molecule has 0 saturated carbocycles. The molecule has 1 atom stereocenters. The summed E-state index contributed by atoms with van der Waals surface area (Å²) in [4.78, 5) is 2.02. The molecule has 6 rings (SSSR count). The predicted molar refractivity (Wildman–Crippen MR) is 128 cm³/mol. The predicted octanol–water partition coefficient (Wildman–Crippen LogP) is 6.03. The molecule has 1 aliphatic rings. The van der Waals surface area contributed by atoms with Crippen molar-refractivity contribution in [2.24, 2.45) is 5.73 Å². The standard InChI is InChI=1S/C25H16N4OS2/c26-13-17-21(24-23(30-25(17)27)16-9-4-5-10-19(16)32-24)18-14-29(15-7-2-1-3-8-15)28-22(18)20-11-6-12-31-20/h1-12,14,21H,27H2. The van der Waals surface area contributed by atoms with Gasteiger partial charge >= 0.3 is 0 Å². The lowest BCUT2D eigenvalue weighted by atomic mass is 9.88. The first-order valence-corrected chi connectivity index (χ1v) is 11.7. The summed E-state index contributed by atoms with van der Waals surface area (Å²) in [5.74, 6) is 0.533. The van der Waals surface area contributed by atoms with Crippen LogP contribution in [-0.2, 0) is 0 Å². The Bertz CT molecular complexity index is 1520. The van der Waals surface area contributed by atoms with Crippen molar-refractivity contribution < 1.29 is 4.74 Å². The minimum absolute atomic E-state index is 0.151. The molecule has 0 bridgehead atoms. The lowest BCUT2D eigenvalue weighted by molar-refractivity contribution is 0.401. The smallest absolute Gasteiger partial charge is 0.205 e. The van der Waals surface area contributed by atoms with Crippen molar-refractivity contribution in [2.75, 3.05) is 0 Å². The van der Waals surface area contributed by atoms with E-state index in [0.717, 1.165) is 42.5 Å². The SMILES string of the molecule is N#CC1=C(N)Oc2c(sc3ccccc23)C1c1cn(-c2ccccc2)nc1-c1cccs1. The van der Waals surface area contributed by atoms with Crippen LogP contribution in [-0.4, -0.2) is 9.78 Å². The van der Waals surface area contributed by atoms with Gasteiger partial charge in [-0.25, -0.2) is 4.68 Å². The average molecular weight is 453 g/mol. The number of hydrogen-bond acceptors (Lipinski definition) is 6. The molecule has 0 spiro atoms. The van der Waals surface area contributed by atoms with E-state index in [4.69, 9.17) is 15.6 Å². The highest BCUT2D eigenvalue weighted by Crippen LogP contribution is 2.51. The molecule has 32 heavy (non-hydrogen) atoms. The van der Waals surface area contributed by atoms with Crippen LogP contribution in [0.2, 0.25) is 0 Å². The number of allylic oxidation sites excluding steroid dienone is 1. The molecule has 5 nitrogen and oxygen atoms in total. The molecule has 7 heteroatoms. The van der Waals surface area contributed by atoms with Gasteiger partial charge in [-0.05, 0) is 35.7 Å². The molecule has 2 N–H and O–H groups in total. The van der Waals surface area contributed by atoms with Gasteiger partial charge in [-0.2, -0.15) is 10.4 Å². The summed E-state index contributed by atoms with van der Waals surface area (Å²) in [6.45, 7) is 0. The van der Waals surface area contributed by atoms with Gasteiger partial charge < -0.3 is 10.5 Å². The highest BCUT2D eigenvalue weighted by molar-refractivity contribution is 7.19. The Morgan fingerprint density at radius 1 is 1.03 bits per heavy atom. The molecule has 0 aliphatic carbocycles. The monoisotopic (exact) mass is 452 g/mol. The Kier molecular flexibility index (Phi) is 4.35. The second-order valence-corrected chi connectivity index (χ2v) is 9.44. The van der Waals surface area contributed by atoms with Gasteiger partial charge in [0.25, 0.3) is 0 Å². The molecule has 3 aromatic heterocycles. The summed E-state index contributed by atoms with van der Waals surface area (Å²) < 4.78 is 8.96. The Hall–Kier alpha value is -3.86. The average Bonchev–Trinajstić information content (AvgIpc) is 3.57. The van der Waals surface area contributed by atoms with Crippen molar-refractivity contribution in [2.45, 2.75) is 5.92 Å². The molecule has 0 radical (unpaired) electrons. The van der Waals surface area contributed by atoms with Crippen LogP contribution in [0, 0.1) is 11.3 Å². The molecule has 4 heterocycles. The minimum Gasteiger partial charge on any atom is -0.439 e. The molecule has 0 amide bonds. The lowest BCUT2D eigenvalue weighted by Gasteiger charge is -2.23. The number of para-hydroxylation sites is 1. The van der Waals surface area contributed by atoms with E-state index in [1.54, 1.807) is 22.7 Å². The van der Waals surface area contributed by atoms with E-state index >= 15 is 0 Å². The second-order valence-electron chi connectivity index (χ2n) is 7.41. The van der Waals surface area contributed by atoms with Crippen LogP contribution in [0.15, 0.2) is 89.8 Å². The topological polar surface area (TPSA) is 76.9 Å². The normalized spacial score (nSPS) is 15.4. The largest absolute Gasteiger partial charge is 0.439 e. The van der Waals surface area contributed by atoms with Gasteiger partial charge in [0, 0.05) is 21.8 Å². The summed E-state index contributed by atoms with van der Waals surface area (Å²) in [5.41, 5.74) is 9.43. The van der Waals surface area contributed by atoms with Gasteiger partial charge in [0.2, 0.25) is 5.88 Å². The molecular weight excluding hydrogens is 436 g/mol. The number of hydrogen-bond donors (Lipinski definition) is 1. The van der Waals surface area contributed by atoms with E-state index in [1.807, 2.05) is 70.9 Å². The van der Waals surface area contributed by atoms with E-state index in [1.165, 1.54) is 0 Å². The first-order chi connectivity index (χ1) is 15.7. The summed E-state index contributed by atoms with van der Waals surface area (Å²) in [6, 6.07) is 24.4. The van der Waals surface area contributed by atoms with Crippen molar-refractivity contribution in [3.63, 3.8) is 0 Å². The van der Waals surface area contributed by atoms with Crippen LogP contribution in [0.5, 0.6) is 5.75 Å². The zero-order valence-corrected chi connectivity index (χ0v) is 18.4. The Morgan fingerprint density at radius 3 is 2.62 bits per heavy atom. The van der Waals surface area contributed by atoms with Crippen molar-refractivity contribution in [3.05, 3.63) is 100 Å². The van der Waals surface area contributed by atoms with Gasteiger partial charge in [-0.1, -0.05) is 36.4 Å². The van der Waals surface area contributed by atoms with Crippen LogP contribution in [0.1, 0.15) is 16.4 Å². The lowest BCUT2D eigenvalue weighted by Crippen LogP contribution is -2.19. The summed E-state index contributed by atoms with van der Waals surface area (Å²) >= 11 is 3.26. The number of rotatable bonds is 3. The fraction of sp³-hybridized carbons (Fsp3) is 0.0400. The van der Waals surface area contributed by atoms with Crippen LogP contribution in [0.4, 0.5) is 0 Å². The van der Waals surface area contributed by atoms with Gasteiger partial charge in [0.1, 0.15) is 17.3 Å². The Morgan fingerprint density at radius 2 is 1.84 bits per heavy atom. The van der Waals surface area contributed by atoms with Crippen LogP contribution in [0.25, 0.3) is 26.3 Å². The maximum atomic E-state index is 10.1. The van der Waals surface area contributed by atoms with Gasteiger partial charge in [0.05, 0.1) is 21.4 Å². The van der Waals surface area contributed by atoms with Crippen LogP contribution < -0.4 is 10.5 Å². The molecule has 1 aliphatic heterocycles. The van der Waals surface area contributed by atoms with Crippen LogP contribution in [0.3, 0.4) is 0 Å². The quantitative estimate of drug-likeness (QED) is 0.362. The zero-order valence-electron chi connectivity index (χ0n) is 16.7. The fourth-order valence-corrected chi connectivity index (χ4v) is 6.10. The first kappa shape index (κ1) is 18.9. The number of nitriles is 1. The number of aromatic nitrogens is 2. The summed E-state index contributed by atoms with van der Waals surface area (Å²) in [7, 11) is 0. The highest BCUT2D eigenvalue weighted by atomic mass is 32.1. The number of benzene rings is 2. The first-order valence-electron chi connectivity index (χ1n) is 10.0. The third kappa shape index (κ3) is 2.85. The number of fused-ring (bicyclic) bond motifs is 3. The molecule has 5 aromatic rings. The molecule has 154 valence electrons. The van der Waals surface area contributed by atoms with E-state index in [9.17, 15) is 5.26 Å². The van der Waals surface area contributed by atoms with Crippen LogP contribution >= 0.6 is 22.7 Å². The summed E-state index contributed by atoms with van der Waals surface area (Å²) in [6.07, 6.45) is 2.01. The summed E-state index contributed by atoms with van der Waals surface area (Å²) in [5, 5.41) is 18.0. The van der Waals surface area contributed by atoms with Crippen molar-refractivity contribution in [1.29, 1.82) is 5.26 Å². The maximum absolute atomic E-state index is 10.1. The van der Waals surface area contributed by atoms with Gasteiger partial charge in [-0.15, -0.1) is 22.7 Å². The molecule has 1 unspecified atom stereocenters. The molecular formula is C25H16N4OS2. The second kappa shape index (κ2) is 7.38. The van der Waals surface area contributed by atoms with E-state index < -0.39 is 0 Å². The molecule has 0 saturated heterocycles. The zero-order chi connectivity index (χ0) is 21.7. The maximum Gasteiger partial charge on any atom is 0.205 e. The van der Waals surface area contributed by atoms with Gasteiger partial charge in [-0.3, -0.25) is 0 Å². The number of thiophene rings is 2. The van der Waals surface area contributed by atoms with E-state index in [0.29, 0.717) is 5.57 Å². The molecule has 0 fully saturated rings. The van der Waals surface area contributed by atoms with E-state index in [-0.39, 0.29) is 11.8 Å². The number of ether oxygens (including phenoxy) is 1. The molecule has 2 aromatic carbocycles. The van der Waals surface area contributed by atoms with Crippen molar-refractivity contribution in [1.82, 2.24) is 9.78 Å². The number of nitrogens with zero attached hydrogens (tertiary/aromatic N) is 3. The minimum atomic E-state index is -0.351. The fourth-order valence-electron chi connectivity index (χ4n) is 4.11. The number of nitrogens with two attached hydrogens (primary N) is 1. The van der Waals surface area contributed by atoms with Crippen molar-refractivity contribution >= 4 is 32.8 Å². The van der Waals surface area contributed by atoms with Gasteiger partial charge in [0.15, 0.2) is 5.75 Å². The van der Waals surface area contributed by atoms with E-state index in [2.05, 4.69) is 18.2 Å². The van der Waals surface area contributed by atoms with Crippen molar-refractivity contribution in [3.8, 4) is 28.1 Å².